The minimum Gasteiger partial charge on any atom is -0.367 e. The lowest BCUT2D eigenvalue weighted by Crippen LogP contribution is -2.28. The molecule has 0 aliphatic carbocycles. The van der Waals surface area contributed by atoms with Crippen LogP contribution in [0.25, 0.3) is 0 Å². The number of nitrogens with one attached hydrogen (secondary N) is 1. The quantitative estimate of drug-likeness (QED) is 0.782. The number of aryl methyl sites for hydroxylation is 2. The van der Waals surface area contributed by atoms with E-state index in [-0.39, 0.29) is 18.4 Å². The van der Waals surface area contributed by atoms with Crippen molar-refractivity contribution in [1.82, 2.24) is 30.5 Å². The van der Waals surface area contributed by atoms with Crippen LogP contribution < -0.4 is 11.1 Å². The van der Waals surface area contributed by atoms with Gasteiger partial charge < -0.3 is 11.1 Å². The number of nitrogens with two attached hydrogens (primary N) is 1. The number of anilines is 1. The predicted molar refractivity (Wildman–Crippen MR) is 65.7 cm³/mol. The minimum absolute atomic E-state index is 0.00216. The van der Waals surface area contributed by atoms with Gasteiger partial charge in [-0.1, -0.05) is 5.10 Å². The lowest BCUT2D eigenvalue weighted by Gasteiger charge is -2.02. The molecule has 2 aromatic heterocycles. The van der Waals surface area contributed by atoms with Gasteiger partial charge in [0.25, 0.3) is 0 Å². The fourth-order valence-corrected chi connectivity index (χ4v) is 2.18. The molecular weight excluding hydrogens is 254 g/mol. The fourth-order valence-electron chi connectivity index (χ4n) is 1.31. The van der Waals surface area contributed by atoms with E-state index in [0.29, 0.717) is 6.54 Å². The summed E-state index contributed by atoms with van der Waals surface area (Å²) in [5.41, 5.74) is 6.45. The van der Waals surface area contributed by atoms with Crippen LogP contribution in [0.4, 0.5) is 5.95 Å². The van der Waals surface area contributed by atoms with Crippen LogP contribution in [0.5, 0.6) is 0 Å². The topological polar surface area (TPSA) is 112 Å². The second kappa shape index (κ2) is 5.08. The van der Waals surface area contributed by atoms with E-state index in [1.54, 1.807) is 11.3 Å². The van der Waals surface area contributed by atoms with Crippen molar-refractivity contribution in [3.63, 3.8) is 0 Å². The average molecular weight is 267 g/mol. The van der Waals surface area contributed by atoms with E-state index in [9.17, 15) is 4.79 Å². The molecule has 2 aromatic rings. The van der Waals surface area contributed by atoms with Crippen LogP contribution in [0.1, 0.15) is 15.6 Å². The number of nitrogens with zero attached hydrogens (tertiary/aromatic N) is 5. The zero-order chi connectivity index (χ0) is 13.1. The van der Waals surface area contributed by atoms with Gasteiger partial charge in [0.05, 0.1) is 12.2 Å². The number of nitrogen functional groups attached to an aromatic ring is 1. The zero-order valence-corrected chi connectivity index (χ0v) is 10.9. The Morgan fingerprint density at radius 1 is 1.50 bits per heavy atom. The molecule has 0 saturated heterocycles. The molecule has 0 bridgehead atoms. The van der Waals surface area contributed by atoms with E-state index < -0.39 is 0 Å². The Morgan fingerprint density at radius 2 is 2.28 bits per heavy atom. The Balaban J connectivity index is 1.87. The summed E-state index contributed by atoms with van der Waals surface area (Å²) in [5, 5.41) is 14.1. The summed E-state index contributed by atoms with van der Waals surface area (Å²) >= 11 is 1.57. The summed E-state index contributed by atoms with van der Waals surface area (Å²) in [5.74, 6) is -0.0920. The number of thiazole rings is 1. The van der Waals surface area contributed by atoms with Crippen LogP contribution in [-0.4, -0.2) is 31.1 Å². The molecular formula is C9H13N7OS. The van der Waals surface area contributed by atoms with E-state index >= 15 is 0 Å². The van der Waals surface area contributed by atoms with Crippen molar-refractivity contribution in [2.45, 2.75) is 26.9 Å². The summed E-state index contributed by atoms with van der Waals surface area (Å²) in [6.45, 7) is 4.35. The first kappa shape index (κ1) is 12.4. The van der Waals surface area contributed by atoms with Gasteiger partial charge in [-0.2, -0.15) is 0 Å². The molecule has 18 heavy (non-hydrogen) atoms. The minimum atomic E-state index is -0.209. The Kier molecular flexibility index (Phi) is 3.51. The van der Waals surface area contributed by atoms with Crippen molar-refractivity contribution in [3.8, 4) is 0 Å². The third-order valence-electron chi connectivity index (χ3n) is 2.36. The average Bonchev–Trinajstić information content (AvgIpc) is 2.85. The highest BCUT2D eigenvalue weighted by Gasteiger charge is 2.09. The lowest BCUT2D eigenvalue weighted by molar-refractivity contribution is -0.122. The van der Waals surface area contributed by atoms with Gasteiger partial charge in [-0.3, -0.25) is 4.79 Å². The van der Waals surface area contributed by atoms with Crippen LogP contribution in [0.15, 0.2) is 0 Å². The fraction of sp³-hybridized carbons (Fsp3) is 0.444. The number of aromatic nitrogens is 5. The van der Waals surface area contributed by atoms with Gasteiger partial charge in [0.15, 0.2) is 0 Å². The molecule has 2 rings (SSSR count). The Labute approximate surface area is 107 Å². The maximum absolute atomic E-state index is 11.6. The summed E-state index contributed by atoms with van der Waals surface area (Å²) in [6.07, 6.45) is 0. The van der Waals surface area contributed by atoms with Crippen LogP contribution in [-0.2, 0) is 17.9 Å². The van der Waals surface area contributed by atoms with Crippen LogP contribution >= 0.6 is 11.3 Å². The SMILES string of the molecule is Cc1nc(CNC(=O)Cn2nnnc2N)sc1C. The molecule has 0 unspecified atom stereocenters. The highest BCUT2D eigenvalue weighted by atomic mass is 32.1. The molecule has 96 valence electrons. The van der Waals surface area contributed by atoms with Gasteiger partial charge in [0.2, 0.25) is 11.9 Å². The molecule has 0 spiro atoms. The van der Waals surface area contributed by atoms with Crippen molar-refractivity contribution in [2.75, 3.05) is 5.73 Å². The van der Waals surface area contributed by atoms with Crippen molar-refractivity contribution in [3.05, 3.63) is 15.6 Å². The number of carbonyl (C=O) groups is 1. The van der Waals surface area contributed by atoms with E-state index in [1.807, 2.05) is 13.8 Å². The molecule has 0 aliphatic heterocycles. The van der Waals surface area contributed by atoms with E-state index in [4.69, 9.17) is 5.73 Å². The first-order chi connectivity index (χ1) is 8.56. The monoisotopic (exact) mass is 267 g/mol. The summed E-state index contributed by atoms with van der Waals surface area (Å²) in [6, 6.07) is 0. The van der Waals surface area contributed by atoms with Crippen LogP contribution in [0.3, 0.4) is 0 Å². The normalized spacial score (nSPS) is 10.6. The van der Waals surface area contributed by atoms with Gasteiger partial charge in [0.1, 0.15) is 11.6 Å². The van der Waals surface area contributed by atoms with E-state index in [2.05, 4.69) is 25.8 Å². The third kappa shape index (κ3) is 2.80. The van der Waals surface area contributed by atoms with Gasteiger partial charge in [-0.25, -0.2) is 9.67 Å². The largest absolute Gasteiger partial charge is 0.367 e. The molecule has 0 radical (unpaired) electrons. The second-order valence-corrected chi connectivity index (χ2v) is 5.01. The molecule has 0 aromatic carbocycles. The third-order valence-corrected chi connectivity index (χ3v) is 3.44. The van der Waals surface area contributed by atoms with Crippen LogP contribution in [0.2, 0.25) is 0 Å². The molecule has 0 saturated carbocycles. The smallest absolute Gasteiger partial charge is 0.242 e. The van der Waals surface area contributed by atoms with Crippen LogP contribution in [0, 0.1) is 13.8 Å². The predicted octanol–water partition coefficient (Wildman–Crippen LogP) is -0.355. The number of amides is 1. The Morgan fingerprint density at radius 3 is 2.83 bits per heavy atom. The highest BCUT2D eigenvalue weighted by molar-refractivity contribution is 7.11. The Bertz CT molecular complexity index is 542. The lowest BCUT2D eigenvalue weighted by atomic mass is 10.4. The van der Waals surface area contributed by atoms with Gasteiger partial charge >= 0.3 is 0 Å². The number of hydrogen-bond donors (Lipinski definition) is 2. The summed E-state index contributed by atoms with van der Waals surface area (Å²) in [7, 11) is 0. The molecule has 0 atom stereocenters. The van der Waals surface area contributed by atoms with Gasteiger partial charge in [-0.15, -0.1) is 11.3 Å². The molecule has 0 fully saturated rings. The number of rotatable bonds is 4. The summed E-state index contributed by atoms with van der Waals surface area (Å²) < 4.78 is 1.23. The van der Waals surface area contributed by atoms with E-state index in [1.165, 1.54) is 4.68 Å². The van der Waals surface area contributed by atoms with Gasteiger partial charge in [0, 0.05) is 4.88 Å². The molecule has 9 heteroatoms. The molecule has 2 heterocycles. The van der Waals surface area contributed by atoms with E-state index in [0.717, 1.165) is 15.6 Å². The standard InChI is InChI=1S/C9H13N7OS/c1-5-6(2)18-8(12-5)3-11-7(17)4-16-9(10)13-14-15-16/h3-4H2,1-2H3,(H,11,17)(H2,10,13,15). The van der Waals surface area contributed by atoms with Crippen molar-refractivity contribution >= 4 is 23.2 Å². The van der Waals surface area contributed by atoms with Crippen molar-refractivity contribution in [1.29, 1.82) is 0 Å². The first-order valence-corrected chi connectivity index (χ1v) is 6.09. The first-order valence-electron chi connectivity index (χ1n) is 5.27. The maximum atomic E-state index is 11.6. The zero-order valence-electron chi connectivity index (χ0n) is 10.0. The number of hydrogen-bond acceptors (Lipinski definition) is 7. The van der Waals surface area contributed by atoms with Crippen molar-refractivity contribution < 1.29 is 4.79 Å². The van der Waals surface area contributed by atoms with Crippen molar-refractivity contribution in [2.24, 2.45) is 0 Å². The molecule has 0 aliphatic rings. The number of tetrazole rings is 1. The molecule has 3 N–H and O–H groups in total. The Hall–Kier alpha value is -2.03. The maximum Gasteiger partial charge on any atom is 0.242 e. The summed E-state index contributed by atoms with van der Waals surface area (Å²) in [4.78, 5) is 17.1. The van der Waals surface area contributed by atoms with Gasteiger partial charge in [-0.05, 0) is 24.3 Å². The molecule has 8 nitrogen and oxygen atoms in total. The number of carbonyl (C=O) groups excluding carboxylic acids is 1. The highest BCUT2D eigenvalue weighted by Crippen LogP contribution is 2.15. The second-order valence-electron chi connectivity index (χ2n) is 3.72. The molecule has 1 amide bonds.